The average molecular weight is 313 g/mol. The van der Waals surface area contributed by atoms with E-state index in [-0.39, 0.29) is 0 Å². The van der Waals surface area contributed by atoms with Gasteiger partial charge in [-0.1, -0.05) is 41.5 Å². The molecule has 0 spiro atoms. The molecule has 0 bridgehead atoms. The Bertz CT molecular complexity index is 379. The lowest BCUT2D eigenvalue weighted by Gasteiger charge is -2.40. The van der Waals surface area contributed by atoms with Gasteiger partial charge in [0.25, 0.3) is 0 Å². The largest absolute Gasteiger partial charge is 0.416 e. The Morgan fingerprint density at radius 1 is 1.24 bits per heavy atom. The summed E-state index contributed by atoms with van der Waals surface area (Å²) in [5.74, 6) is 0.629. The van der Waals surface area contributed by atoms with Crippen molar-refractivity contribution in [2.24, 2.45) is 16.7 Å². The van der Waals surface area contributed by atoms with Crippen molar-refractivity contribution in [3.05, 3.63) is 0 Å². The van der Waals surface area contributed by atoms with Gasteiger partial charge in [0.1, 0.15) is 0 Å². The molecule has 0 N–H and O–H groups in total. The van der Waals surface area contributed by atoms with E-state index in [4.69, 9.17) is 9.16 Å². The highest BCUT2D eigenvalue weighted by molar-refractivity contribution is 6.74. The van der Waals surface area contributed by atoms with Crippen LogP contribution in [0.5, 0.6) is 0 Å². The van der Waals surface area contributed by atoms with Gasteiger partial charge in [-0.2, -0.15) is 0 Å². The molecule has 2 atom stereocenters. The summed E-state index contributed by atoms with van der Waals surface area (Å²) in [7, 11) is -1.64. The van der Waals surface area contributed by atoms with Crippen molar-refractivity contribution in [2.75, 3.05) is 13.2 Å². The maximum absolute atomic E-state index is 6.58. The average Bonchev–Trinajstić information content (AvgIpc) is 3.03. The molecule has 1 aliphatic heterocycles. The minimum atomic E-state index is -1.64. The number of ether oxygens (including phenoxy) is 1. The first-order valence-corrected chi connectivity index (χ1v) is 11.6. The monoisotopic (exact) mass is 312 g/mol. The highest BCUT2D eigenvalue weighted by atomic mass is 28.4. The van der Waals surface area contributed by atoms with Gasteiger partial charge < -0.3 is 9.16 Å². The Kier molecular flexibility index (Phi) is 4.45. The Balaban J connectivity index is 2.01. The van der Waals surface area contributed by atoms with Crippen LogP contribution >= 0.6 is 0 Å². The summed E-state index contributed by atoms with van der Waals surface area (Å²) in [6.07, 6.45) is 4.31. The molecular formula is C18H36O2Si. The van der Waals surface area contributed by atoms with Crippen LogP contribution in [-0.4, -0.2) is 27.6 Å². The van der Waals surface area contributed by atoms with E-state index in [0.717, 1.165) is 13.2 Å². The van der Waals surface area contributed by atoms with E-state index < -0.39 is 8.32 Å². The van der Waals surface area contributed by atoms with Crippen molar-refractivity contribution in [3.8, 4) is 0 Å². The van der Waals surface area contributed by atoms with Gasteiger partial charge in [0.15, 0.2) is 8.32 Å². The quantitative estimate of drug-likeness (QED) is 0.646. The molecule has 2 rings (SSSR count). The Morgan fingerprint density at radius 2 is 1.81 bits per heavy atom. The molecule has 21 heavy (non-hydrogen) atoms. The lowest BCUT2D eigenvalue weighted by molar-refractivity contribution is 0.0436. The van der Waals surface area contributed by atoms with E-state index in [1.807, 2.05) is 0 Å². The van der Waals surface area contributed by atoms with Gasteiger partial charge in [-0.05, 0) is 43.3 Å². The van der Waals surface area contributed by atoms with Crippen LogP contribution in [0.1, 0.15) is 60.8 Å². The zero-order valence-corrected chi connectivity index (χ0v) is 16.5. The van der Waals surface area contributed by atoms with Gasteiger partial charge >= 0.3 is 0 Å². The molecule has 0 aromatic heterocycles. The predicted molar refractivity (Wildman–Crippen MR) is 92.1 cm³/mol. The molecule has 1 saturated heterocycles. The first-order valence-electron chi connectivity index (χ1n) is 8.68. The zero-order chi connectivity index (χ0) is 16.1. The molecule has 3 heteroatoms. The fraction of sp³-hybridized carbons (Fsp3) is 1.00. The Morgan fingerprint density at radius 3 is 2.19 bits per heavy atom. The van der Waals surface area contributed by atoms with Crippen LogP contribution in [0.2, 0.25) is 18.1 Å². The number of rotatable bonds is 5. The van der Waals surface area contributed by atoms with Crippen molar-refractivity contribution < 1.29 is 9.16 Å². The highest BCUT2D eigenvalue weighted by Crippen LogP contribution is 2.63. The summed E-state index contributed by atoms with van der Waals surface area (Å²) in [6, 6.07) is 0. The summed E-state index contributed by atoms with van der Waals surface area (Å²) in [4.78, 5) is 0. The van der Waals surface area contributed by atoms with E-state index in [1.54, 1.807) is 0 Å². The van der Waals surface area contributed by atoms with Crippen molar-refractivity contribution in [3.63, 3.8) is 0 Å². The molecule has 0 amide bonds. The molecule has 1 saturated carbocycles. The standard InChI is InChI=1S/C18H36O2Si/c1-14(2)15-11-17(6,12-19-15)18(9-10-18)13-20-21(7,8)16(3,4)5/h14-15H,9-13H2,1-8H3. The molecule has 1 heterocycles. The van der Waals surface area contributed by atoms with Crippen LogP contribution < -0.4 is 0 Å². The van der Waals surface area contributed by atoms with Crippen LogP contribution in [-0.2, 0) is 9.16 Å². The minimum absolute atomic E-state index is 0.302. The zero-order valence-electron chi connectivity index (χ0n) is 15.5. The summed E-state index contributed by atoms with van der Waals surface area (Å²) >= 11 is 0. The number of hydrogen-bond acceptors (Lipinski definition) is 2. The van der Waals surface area contributed by atoms with E-state index in [2.05, 4.69) is 54.6 Å². The highest BCUT2D eigenvalue weighted by Gasteiger charge is 2.60. The third-order valence-electron chi connectivity index (χ3n) is 6.66. The fourth-order valence-electron chi connectivity index (χ4n) is 3.26. The van der Waals surface area contributed by atoms with Crippen LogP contribution in [0.25, 0.3) is 0 Å². The van der Waals surface area contributed by atoms with Gasteiger partial charge in [0, 0.05) is 17.4 Å². The topological polar surface area (TPSA) is 18.5 Å². The van der Waals surface area contributed by atoms with Crippen LogP contribution in [0, 0.1) is 16.7 Å². The summed E-state index contributed by atoms with van der Waals surface area (Å²) in [5, 5.41) is 0.302. The molecule has 1 aliphatic carbocycles. The molecule has 0 aromatic rings. The maximum atomic E-state index is 6.58. The fourth-order valence-corrected chi connectivity index (χ4v) is 4.33. The third kappa shape index (κ3) is 3.25. The molecule has 2 aliphatic rings. The van der Waals surface area contributed by atoms with Crippen molar-refractivity contribution >= 4 is 8.32 Å². The van der Waals surface area contributed by atoms with E-state index in [1.165, 1.54) is 19.3 Å². The molecule has 0 radical (unpaired) electrons. The van der Waals surface area contributed by atoms with Crippen LogP contribution in [0.4, 0.5) is 0 Å². The second kappa shape index (κ2) is 5.35. The van der Waals surface area contributed by atoms with Gasteiger partial charge in [-0.25, -0.2) is 0 Å². The maximum Gasteiger partial charge on any atom is 0.192 e. The molecular weight excluding hydrogens is 276 g/mol. The molecule has 2 nitrogen and oxygen atoms in total. The SMILES string of the molecule is CC(C)C1CC(C)(C2(CO[Si](C)(C)C(C)(C)C)CC2)CO1. The van der Waals surface area contributed by atoms with Crippen molar-refractivity contribution in [1.29, 1.82) is 0 Å². The van der Waals surface area contributed by atoms with Crippen LogP contribution in [0.15, 0.2) is 0 Å². The van der Waals surface area contributed by atoms with Gasteiger partial charge in [-0.15, -0.1) is 0 Å². The first kappa shape index (κ1) is 17.5. The van der Waals surface area contributed by atoms with Crippen molar-refractivity contribution in [1.82, 2.24) is 0 Å². The van der Waals surface area contributed by atoms with Crippen LogP contribution in [0.3, 0.4) is 0 Å². The normalized spacial score (nSPS) is 32.7. The molecule has 2 unspecified atom stereocenters. The second-order valence-electron chi connectivity index (χ2n) is 9.69. The first-order chi connectivity index (χ1) is 9.43. The Labute approximate surface area is 133 Å². The van der Waals surface area contributed by atoms with Crippen molar-refractivity contribution in [2.45, 2.75) is 85.0 Å². The summed E-state index contributed by atoms with van der Waals surface area (Å²) in [5.41, 5.74) is 0.719. The predicted octanol–water partition coefficient (Wildman–Crippen LogP) is 5.24. The minimum Gasteiger partial charge on any atom is -0.416 e. The van der Waals surface area contributed by atoms with Gasteiger partial charge in [0.05, 0.1) is 12.7 Å². The van der Waals surface area contributed by atoms with E-state index >= 15 is 0 Å². The lowest BCUT2D eigenvalue weighted by Crippen LogP contribution is -2.44. The van der Waals surface area contributed by atoms with E-state index in [0.29, 0.717) is 27.9 Å². The molecule has 0 aromatic carbocycles. The third-order valence-corrected chi connectivity index (χ3v) is 11.1. The summed E-state index contributed by atoms with van der Waals surface area (Å²) in [6.45, 7) is 20.6. The smallest absolute Gasteiger partial charge is 0.192 e. The Hall–Kier alpha value is 0.137. The lowest BCUT2D eigenvalue weighted by atomic mass is 9.72. The van der Waals surface area contributed by atoms with Gasteiger partial charge in [0.2, 0.25) is 0 Å². The molecule has 2 fully saturated rings. The second-order valence-corrected chi connectivity index (χ2v) is 14.5. The van der Waals surface area contributed by atoms with Gasteiger partial charge in [-0.3, -0.25) is 0 Å². The molecule has 124 valence electrons. The van der Waals surface area contributed by atoms with E-state index in [9.17, 15) is 0 Å². The number of hydrogen-bond donors (Lipinski definition) is 0. The summed E-state index contributed by atoms with van der Waals surface area (Å²) < 4.78 is 12.7.